The molecule has 0 aliphatic rings. The minimum absolute atomic E-state index is 0.0771. The highest BCUT2D eigenvalue weighted by Crippen LogP contribution is 2.19. The van der Waals surface area contributed by atoms with Crippen LogP contribution < -0.4 is 0 Å². The summed E-state index contributed by atoms with van der Waals surface area (Å²) in [4.78, 5) is 22.2. The Balaban J connectivity index is 2.40. The quantitative estimate of drug-likeness (QED) is 0.830. The lowest BCUT2D eigenvalue weighted by Gasteiger charge is -2.19. The van der Waals surface area contributed by atoms with Crippen LogP contribution in [0.4, 0.5) is 0 Å². The SMILES string of the molecule is CC(C)(C)OC(=O)CSCc1ccoc1C(=O)O. The number of carboxylic acid groups (broad SMARTS) is 1. The van der Waals surface area contributed by atoms with Crippen molar-refractivity contribution >= 4 is 23.7 Å². The van der Waals surface area contributed by atoms with Crippen LogP contribution in [0.5, 0.6) is 0 Å². The zero-order chi connectivity index (χ0) is 13.8. The lowest BCUT2D eigenvalue weighted by atomic mass is 10.2. The van der Waals surface area contributed by atoms with E-state index in [1.807, 2.05) is 0 Å². The Labute approximate surface area is 109 Å². The van der Waals surface area contributed by atoms with Gasteiger partial charge >= 0.3 is 11.9 Å². The molecule has 0 unspecified atom stereocenters. The molecule has 0 spiro atoms. The van der Waals surface area contributed by atoms with Crippen molar-refractivity contribution in [1.82, 2.24) is 0 Å². The van der Waals surface area contributed by atoms with Crippen molar-refractivity contribution in [2.75, 3.05) is 5.75 Å². The maximum atomic E-state index is 11.4. The fraction of sp³-hybridized carbons (Fsp3) is 0.500. The predicted molar refractivity (Wildman–Crippen MR) is 67.7 cm³/mol. The number of aromatic carboxylic acids is 1. The molecule has 0 saturated heterocycles. The van der Waals surface area contributed by atoms with Crippen molar-refractivity contribution in [3.05, 3.63) is 23.7 Å². The van der Waals surface area contributed by atoms with E-state index in [2.05, 4.69) is 0 Å². The molecule has 1 aromatic rings. The van der Waals surface area contributed by atoms with Crippen LogP contribution in [0.25, 0.3) is 0 Å². The second-order valence-corrected chi connectivity index (χ2v) is 5.64. The highest BCUT2D eigenvalue weighted by molar-refractivity contribution is 7.99. The number of esters is 1. The van der Waals surface area contributed by atoms with Crippen LogP contribution in [0.1, 0.15) is 36.9 Å². The zero-order valence-electron chi connectivity index (χ0n) is 10.6. The Bertz CT molecular complexity index is 430. The average Bonchev–Trinajstić information content (AvgIpc) is 2.62. The van der Waals surface area contributed by atoms with Crippen molar-refractivity contribution in [3.63, 3.8) is 0 Å². The van der Waals surface area contributed by atoms with Gasteiger partial charge in [0.05, 0.1) is 12.0 Å². The Morgan fingerprint density at radius 1 is 1.44 bits per heavy atom. The Kier molecular flexibility index (Phi) is 4.84. The molecule has 1 N–H and O–H groups in total. The van der Waals surface area contributed by atoms with Crippen LogP contribution >= 0.6 is 11.8 Å². The first-order valence-electron chi connectivity index (χ1n) is 5.39. The van der Waals surface area contributed by atoms with Crippen LogP contribution in [0.2, 0.25) is 0 Å². The third-order valence-electron chi connectivity index (χ3n) is 1.84. The van der Waals surface area contributed by atoms with E-state index in [0.717, 1.165) is 0 Å². The van der Waals surface area contributed by atoms with Gasteiger partial charge in [-0.2, -0.15) is 0 Å². The first-order chi connectivity index (χ1) is 8.29. The number of hydrogen-bond acceptors (Lipinski definition) is 5. The maximum Gasteiger partial charge on any atom is 0.372 e. The summed E-state index contributed by atoms with van der Waals surface area (Å²) in [5, 5.41) is 8.82. The molecule has 5 nitrogen and oxygen atoms in total. The third kappa shape index (κ3) is 4.83. The van der Waals surface area contributed by atoms with Crippen molar-refractivity contribution in [1.29, 1.82) is 0 Å². The molecule has 0 fully saturated rings. The number of thioether (sulfide) groups is 1. The predicted octanol–water partition coefficient (Wildman–Crippen LogP) is 2.55. The minimum Gasteiger partial charge on any atom is -0.475 e. The molecular weight excluding hydrogens is 256 g/mol. The van der Waals surface area contributed by atoms with Gasteiger partial charge in [-0.05, 0) is 26.8 Å². The van der Waals surface area contributed by atoms with E-state index in [9.17, 15) is 9.59 Å². The normalized spacial score (nSPS) is 11.3. The summed E-state index contributed by atoms with van der Waals surface area (Å²) in [6, 6.07) is 1.59. The Hall–Kier alpha value is -1.43. The standard InChI is InChI=1S/C12H16O5S/c1-12(2,3)17-9(13)7-18-6-8-4-5-16-10(8)11(14)15/h4-5H,6-7H2,1-3H3,(H,14,15). The topological polar surface area (TPSA) is 76.7 Å². The van der Waals surface area contributed by atoms with Gasteiger partial charge in [0.1, 0.15) is 5.60 Å². The first kappa shape index (κ1) is 14.6. The van der Waals surface area contributed by atoms with E-state index in [4.69, 9.17) is 14.3 Å². The molecule has 0 radical (unpaired) electrons. The largest absolute Gasteiger partial charge is 0.475 e. The summed E-state index contributed by atoms with van der Waals surface area (Å²) in [7, 11) is 0. The van der Waals surface area contributed by atoms with Gasteiger partial charge in [-0.15, -0.1) is 11.8 Å². The molecule has 1 rings (SSSR count). The fourth-order valence-corrected chi connectivity index (χ4v) is 2.03. The van der Waals surface area contributed by atoms with E-state index in [1.54, 1.807) is 26.8 Å². The summed E-state index contributed by atoms with van der Waals surface area (Å²) in [5.41, 5.74) is 0.0653. The van der Waals surface area contributed by atoms with Gasteiger partial charge < -0.3 is 14.3 Å². The number of hydrogen-bond donors (Lipinski definition) is 1. The number of carboxylic acids is 1. The van der Waals surface area contributed by atoms with Crippen molar-refractivity contribution < 1.29 is 23.8 Å². The molecule has 18 heavy (non-hydrogen) atoms. The maximum absolute atomic E-state index is 11.4. The van der Waals surface area contributed by atoms with Gasteiger partial charge in [0.25, 0.3) is 0 Å². The van der Waals surface area contributed by atoms with Crippen molar-refractivity contribution in [3.8, 4) is 0 Å². The van der Waals surface area contributed by atoms with E-state index >= 15 is 0 Å². The number of rotatable bonds is 5. The molecule has 0 atom stereocenters. The lowest BCUT2D eigenvalue weighted by molar-refractivity contribution is -0.151. The Morgan fingerprint density at radius 3 is 2.67 bits per heavy atom. The second-order valence-electron chi connectivity index (χ2n) is 4.66. The van der Waals surface area contributed by atoms with E-state index in [1.165, 1.54) is 18.0 Å². The van der Waals surface area contributed by atoms with Crippen LogP contribution in [-0.2, 0) is 15.3 Å². The number of carbonyl (C=O) groups excluding carboxylic acids is 1. The van der Waals surface area contributed by atoms with Crippen LogP contribution in [-0.4, -0.2) is 28.4 Å². The molecule has 0 aliphatic carbocycles. The van der Waals surface area contributed by atoms with Crippen LogP contribution in [0, 0.1) is 0 Å². The molecule has 0 amide bonds. The van der Waals surface area contributed by atoms with Gasteiger partial charge in [-0.3, -0.25) is 4.79 Å². The summed E-state index contributed by atoms with van der Waals surface area (Å²) in [6.45, 7) is 5.40. The smallest absolute Gasteiger partial charge is 0.372 e. The fourth-order valence-electron chi connectivity index (χ4n) is 1.25. The second kappa shape index (κ2) is 5.95. The minimum atomic E-state index is -1.10. The summed E-state index contributed by atoms with van der Waals surface area (Å²) >= 11 is 1.29. The zero-order valence-corrected chi connectivity index (χ0v) is 11.4. The molecule has 0 saturated carbocycles. The van der Waals surface area contributed by atoms with Gasteiger partial charge in [0.2, 0.25) is 5.76 Å². The molecule has 6 heteroatoms. The summed E-state index contributed by atoms with van der Waals surface area (Å²) in [5.74, 6) is -0.911. The molecule has 0 bridgehead atoms. The van der Waals surface area contributed by atoms with E-state index in [0.29, 0.717) is 11.3 Å². The molecule has 0 aliphatic heterocycles. The molecule has 1 heterocycles. The van der Waals surface area contributed by atoms with Crippen molar-refractivity contribution in [2.24, 2.45) is 0 Å². The number of carbonyl (C=O) groups is 2. The van der Waals surface area contributed by atoms with Gasteiger partial charge in [0.15, 0.2) is 0 Å². The van der Waals surface area contributed by atoms with Crippen molar-refractivity contribution in [2.45, 2.75) is 32.1 Å². The van der Waals surface area contributed by atoms with Gasteiger partial charge in [0, 0.05) is 11.3 Å². The molecule has 1 aromatic heterocycles. The number of ether oxygens (including phenoxy) is 1. The van der Waals surface area contributed by atoms with E-state index in [-0.39, 0.29) is 17.5 Å². The monoisotopic (exact) mass is 272 g/mol. The van der Waals surface area contributed by atoms with E-state index < -0.39 is 11.6 Å². The first-order valence-corrected chi connectivity index (χ1v) is 6.54. The van der Waals surface area contributed by atoms with Gasteiger partial charge in [-0.25, -0.2) is 4.79 Å². The molecule has 0 aromatic carbocycles. The third-order valence-corrected chi connectivity index (χ3v) is 2.79. The van der Waals surface area contributed by atoms with Crippen LogP contribution in [0.3, 0.4) is 0 Å². The Morgan fingerprint density at radius 2 is 2.11 bits per heavy atom. The molecule has 100 valence electrons. The number of furan rings is 1. The molecular formula is C12H16O5S. The summed E-state index contributed by atoms with van der Waals surface area (Å²) < 4.78 is 9.97. The highest BCUT2D eigenvalue weighted by Gasteiger charge is 2.17. The lowest BCUT2D eigenvalue weighted by Crippen LogP contribution is -2.24. The van der Waals surface area contributed by atoms with Crippen LogP contribution in [0.15, 0.2) is 16.7 Å². The highest BCUT2D eigenvalue weighted by atomic mass is 32.2. The summed E-state index contributed by atoms with van der Waals surface area (Å²) in [6.07, 6.45) is 1.33. The average molecular weight is 272 g/mol. The van der Waals surface area contributed by atoms with Gasteiger partial charge in [-0.1, -0.05) is 0 Å².